The van der Waals surface area contributed by atoms with Crippen molar-refractivity contribution in [1.82, 2.24) is 0 Å². The van der Waals surface area contributed by atoms with Crippen LogP contribution in [0.25, 0.3) is 0 Å². The van der Waals surface area contributed by atoms with Gasteiger partial charge < -0.3 is 15.4 Å². The topological polar surface area (TPSA) is 38.5 Å². The molecular formula is C17H19FN2O. The molecule has 0 radical (unpaired) electrons. The Morgan fingerprint density at radius 3 is 2.29 bits per heavy atom. The first-order chi connectivity index (χ1) is 10.2. The Labute approximate surface area is 124 Å². The van der Waals surface area contributed by atoms with Gasteiger partial charge in [-0.25, -0.2) is 4.39 Å². The minimum absolute atomic E-state index is 0.237. The van der Waals surface area contributed by atoms with Gasteiger partial charge in [0.25, 0.3) is 0 Å². The third-order valence-corrected chi connectivity index (χ3v) is 4.06. The number of ether oxygens (including phenoxy) is 1. The van der Waals surface area contributed by atoms with Gasteiger partial charge in [-0.05, 0) is 24.0 Å². The number of nitrogen functional groups attached to an aromatic ring is 1. The Hall–Kier alpha value is -2.23. The molecule has 2 N–H and O–H groups in total. The average molecular weight is 286 g/mol. The highest BCUT2D eigenvalue weighted by molar-refractivity contribution is 5.70. The van der Waals surface area contributed by atoms with E-state index in [2.05, 4.69) is 29.2 Å². The van der Waals surface area contributed by atoms with Gasteiger partial charge in [0.15, 0.2) is 11.6 Å². The molecule has 21 heavy (non-hydrogen) atoms. The number of nitrogens with zero attached hydrogens (tertiary/aromatic N) is 1. The van der Waals surface area contributed by atoms with Crippen molar-refractivity contribution >= 4 is 11.4 Å². The molecule has 4 heteroatoms. The van der Waals surface area contributed by atoms with E-state index < -0.39 is 5.82 Å². The molecular weight excluding hydrogens is 267 g/mol. The Kier molecular flexibility index (Phi) is 3.69. The lowest BCUT2D eigenvalue weighted by atomic mass is 10.0. The standard InChI is InChI=1S/C17H19FN2O/c1-21-17-11-16(15(19)10-14(17)18)20-8-6-12-4-2-3-5-13(12)7-9-20/h2-5,10-11H,6-9,19H2,1H3. The molecule has 0 fully saturated rings. The summed E-state index contributed by atoms with van der Waals surface area (Å²) in [5.74, 6) is -0.183. The number of rotatable bonds is 2. The van der Waals surface area contributed by atoms with Crippen LogP contribution in [0.4, 0.5) is 15.8 Å². The molecule has 110 valence electrons. The number of nitrogens with two attached hydrogens (primary N) is 1. The van der Waals surface area contributed by atoms with E-state index in [1.165, 1.54) is 24.3 Å². The lowest BCUT2D eigenvalue weighted by molar-refractivity contribution is 0.386. The van der Waals surface area contributed by atoms with Gasteiger partial charge in [-0.2, -0.15) is 0 Å². The highest BCUT2D eigenvalue weighted by atomic mass is 19.1. The van der Waals surface area contributed by atoms with Gasteiger partial charge in [-0.3, -0.25) is 0 Å². The van der Waals surface area contributed by atoms with Crippen molar-refractivity contribution in [1.29, 1.82) is 0 Å². The number of hydrogen-bond acceptors (Lipinski definition) is 3. The Morgan fingerprint density at radius 2 is 1.71 bits per heavy atom. The van der Waals surface area contributed by atoms with E-state index in [4.69, 9.17) is 10.5 Å². The van der Waals surface area contributed by atoms with Crippen LogP contribution in [0.3, 0.4) is 0 Å². The second-order valence-electron chi connectivity index (χ2n) is 5.30. The number of methoxy groups -OCH3 is 1. The maximum Gasteiger partial charge on any atom is 0.167 e. The quantitative estimate of drug-likeness (QED) is 0.862. The number of halogens is 1. The third-order valence-electron chi connectivity index (χ3n) is 4.06. The SMILES string of the molecule is COc1cc(N2CCc3ccccc3CC2)c(N)cc1F. The summed E-state index contributed by atoms with van der Waals surface area (Å²) >= 11 is 0. The molecule has 0 unspecified atom stereocenters. The summed E-state index contributed by atoms with van der Waals surface area (Å²) in [5.41, 5.74) is 10.1. The van der Waals surface area contributed by atoms with Crippen LogP contribution in [0, 0.1) is 5.82 Å². The first kappa shape index (κ1) is 13.7. The molecule has 3 rings (SSSR count). The maximum absolute atomic E-state index is 13.7. The minimum Gasteiger partial charge on any atom is -0.494 e. The molecule has 1 heterocycles. The molecule has 0 aromatic heterocycles. The van der Waals surface area contributed by atoms with E-state index in [1.807, 2.05) is 0 Å². The van der Waals surface area contributed by atoms with Crippen LogP contribution in [0.1, 0.15) is 11.1 Å². The van der Waals surface area contributed by atoms with Crippen molar-refractivity contribution in [3.8, 4) is 5.75 Å². The van der Waals surface area contributed by atoms with Crippen molar-refractivity contribution in [2.24, 2.45) is 0 Å². The van der Waals surface area contributed by atoms with Gasteiger partial charge in [0.1, 0.15) is 0 Å². The van der Waals surface area contributed by atoms with E-state index in [0.29, 0.717) is 5.69 Å². The van der Waals surface area contributed by atoms with Crippen LogP contribution >= 0.6 is 0 Å². The Morgan fingerprint density at radius 1 is 1.10 bits per heavy atom. The molecule has 0 atom stereocenters. The first-order valence-electron chi connectivity index (χ1n) is 7.14. The summed E-state index contributed by atoms with van der Waals surface area (Å²) in [4.78, 5) is 2.21. The van der Waals surface area contributed by atoms with Gasteiger partial charge in [0.05, 0.1) is 18.5 Å². The zero-order valence-electron chi connectivity index (χ0n) is 12.1. The maximum atomic E-state index is 13.7. The molecule has 0 saturated heterocycles. The molecule has 2 aromatic carbocycles. The third kappa shape index (κ3) is 2.66. The summed E-state index contributed by atoms with van der Waals surface area (Å²) in [5, 5.41) is 0. The Bertz CT molecular complexity index is 630. The summed E-state index contributed by atoms with van der Waals surface area (Å²) in [6.45, 7) is 1.74. The summed E-state index contributed by atoms with van der Waals surface area (Å²) in [7, 11) is 1.47. The van der Waals surface area contributed by atoms with Crippen LogP contribution in [0.2, 0.25) is 0 Å². The molecule has 0 spiro atoms. The monoisotopic (exact) mass is 286 g/mol. The summed E-state index contributed by atoms with van der Waals surface area (Å²) in [6, 6.07) is 11.5. The second-order valence-corrected chi connectivity index (χ2v) is 5.30. The lowest BCUT2D eigenvalue weighted by Crippen LogP contribution is -2.27. The van der Waals surface area contributed by atoms with E-state index >= 15 is 0 Å². The van der Waals surface area contributed by atoms with Crippen molar-refractivity contribution in [2.45, 2.75) is 12.8 Å². The first-order valence-corrected chi connectivity index (χ1v) is 7.14. The Balaban J connectivity index is 1.89. The fourth-order valence-electron chi connectivity index (χ4n) is 2.90. The fraction of sp³-hybridized carbons (Fsp3) is 0.294. The summed E-state index contributed by atoms with van der Waals surface area (Å²) < 4.78 is 18.7. The predicted molar refractivity (Wildman–Crippen MR) is 83.4 cm³/mol. The minimum atomic E-state index is -0.420. The van der Waals surface area contributed by atoms with Crippen molar-refractivity contribution in [3.63, 3.8) is 0 Å². The fourth-order valence-corrected chi connectivity index (χ4v) is 2.90. The van der Waals surface area contributed by atoms with Crippen LogP contribution in [-0.4, -0.2) is 20.2 Å². The number of benzene rings is 2. The zero-order chi connectivity index (χ0) is 14.8. The van der Waals surface area contributed by atoms with Crippen molar-refractivity contribution < 1.29 is 9.13 Å². The number of anilines is 2. The highest BCUT2D eigenvalue weighted by Crippen LogP contribution is 2.32. The van der Waals surface area contributed by atoms with E-state index in [0.717, 1.165) is 31.6 Å². The smallest absolute Gasteiger partial charge is 0.167 e. The van der Waals surface area contributed by atoms with Gasteiger partial charge in [-0.15, -0.1) is 0 Å². The highest BCUT2D eigenvalue weighted by Gasteiger charge is 2.18. The van der Waals surface area contributed by atoms with Crippen LogP contribution in [0.5, 0.6) is 5.75 Å². The summed E-state index contributed by atoms with van der Waals surface area (Å²) in [6.07, 6.45) is 1.94. The second kappa shape index (κ2) is 5.64. The normalized spacial score (nSPS) is 14.5. The molecule has 2 aromatic rings. The van der Waals surface area contributed by atoms with Crippen LogP contribution < -0.4 is 15.4 Å². The molecule has 1 aliphatic heterocycles. The van der Waals surface area contributed by atoms with Crippen LogP contribution in [0.15, 0.2) is 36.4 Å². The average Bonchev–Trinajstić information content (AvgIpc) is 2.70. The van der Waals surface area contributed by atoms with Gasteiger partial charge >= 0.3 is 0 Å². The van der Waals surface area contributed by atoms with Crippen LogP contribution in [-0.2, 0) is 12.8 Å². The number of fused-ring (bicyclic) bond motifs is 1. The van der Waals surface area contributed by atoms with Crippen molar-refractivity contribution in [3.05, 3.63) is 53.3 Å². The largest absolute Gasteiger partial charge is 0.494 e. The van der Waals surface area contributed by atoms with Gasteiger partial charge in [0.2, 0.25) is 0 Å². The van der Waals surface area contributed by atoms with E-state index in [1.54, 1.807) is 6.07 Å². The molecule has 0 bridgehead atoms. The molecule has 1 aliphatic rings. The van der Waals surface area contributed by atoms with Crippen molar-refractivity contribution in [2.75, 3.05) is 30.8 Å². The van der Waals surface area contributed by atoms with Gasteiger partial charge in [0, 0.05) is 25.2 Å². The predicted octanol–water partition coefficient (Wildman–Crippen LogP) is 3.02. The lowest BCUT2D eigenvalue weighted by Gasteiger charge is -2.24. The molecule has 3 nitrogen and oxygen atoms in total. The molecule has 0 aliphatic carbocycles. The molecule has 0 saturated carbocycles. The van der Waals surface area contributed by atoms with E-state index in [9.17, 15) is 4.39 Å². The van der Waals surface area contributed by atoms with Gasteiger partial charge in [-0.1, -0.05) is 24.3 Å². The number of hydrogen-bond donors (Lipinski definition) is 1. The molecule has 0 amide bonds. The zero-order valence-corrected chi connectivity index (χ0v) is 12.1. The van der Waals surface area contributed by atoms with E-state index in [-0.39, 0.29) is 5.75 Å².